The van der Waals surface area contributed by atoms with Crippen LogP contribution in [0.4, 0.5) is 11.4 Å². The van der Waals surface area contributed by atoms with Crippen LogP contribution in [0.25, 0.3) is 0 Å². The number of anilines is 2. The van der Waals surface area contributed by atoms with Gasteiger partial charge in [0.15, 0.2) is 0 Å². The van der Waals surface area contributed by atoms with Crippen LogP contribution in [0.5, 0.6) is 0 Å². The van der Waals surface area contributed by atoms with Gasteiger partial charge in [-0.25, -0.2) is 8.42 Å². The average Bonchev–Trinajstić information content (AvgIpc) is 2.14. The minimum absolute atomic E-state index is 0.586. The van der Waals surface area contributed by atoms with Gasteiger partial charge < -0.3 is 5.32 Å². The molecule has 5 heteroatoms. The lowest BCUT2D eigenvalue weighted by molar-refractivity contribution is 0.445. The summed E-state index contributed by atoms with van der Waals surface area (Å²) < 4.78 is 24.8. The number of benzene rings is 1. The maximum absolute atomic E-state index is 11.1. The Bertz CT molecular complexity index is 507. The van der Waals surface area contributed by atoms with Crippen molar-refractivity contribution in [3.8, 4) is 0 Å². The standard InChI is InChI=1S/C12H18N2O2S/c1-9-8-11(13-10-4-3-5-10)6-7-12(9)14-17(2,15)16/h6-8,10,13-14H,3-5H2,1-2H3. The predicted octanol–water partition coefficient (Wildman–Crippen LogP) is 2.33. The largest absolute Gasteiger partial charge is 0.382 e. The fraction of sp³-hybridized carbons (Fsp3) is 0.500. The van der Waals surface area contributed by atoms with E-state index in [2.05, 4.69) is 10.0 Å². The molecule has 1 aromatic carbocycles. The van der Waals surface area contributed by atoms with Crippen LogP contribution in [0.15, 0.2) is 18.2 Å². The Balaban J connectivity index is 2.10. The first kappa shape index (κ1) is 12.2. The molecule has 4 nitrogen and oxygen atoms in total. The van der Waals surface area contributed by atoms with Crippen LogP contribution in [0.3, 0.4) is 0 Å². The van der Waals surface area contributed by atoms with Gasteiger partial charge in [-0.2, -0.15) is 0 Å². The highest BCUT2D eigenvalue weighted by Crippen LogP contribution is 2.26. The zero-order valence-electron chi connectivity index (χ0n) is 10.2. The number of nitrogens with one attached hydrogen (secondary N) is 2. The second-order valence-electron chi connectivity index (χ2n) is 4.68. The van der Waals surface area contributed by atoms with E-state index < -0.39 is 10.0 Å². The molecule has 1 aromatic rings. The van der Waals surface area contributed by atoms with Gasteiger partial charge in [0.05, 0.1) is 11.9 Å². The molecule has 2 N–H and O–H groups in total. The molecule has 0 heterocycles. The third-order valence-electron chi connectivity index (χ3n) is 3.00. The lowest BCUT2D eigenvalue weighted by atomic mass is 9.93. The van der Waals surface area contributed by atoms with Gasteiger partial charge in [0.1, 0.15) is 0 Å². The molecule has 0 unspecified atom stereocenters. The summed E-state index contributed by atoms with van der Waals surface area (Å²) in [7, 11) is -3.20. The van der Waals surface area contributed by atoms with Crippen LogP contribution < -0.4 is 10.0 Å². The molecular weight excluding hydrogens is 236 g/mol. The lowest BCUT2D eigenvalue weighted by Gasteiger charge is -2.27. The van der Waals surface area contributed by atoms with Crippen molar-refractivity contribution in [3.63, 3.8) is 0 Å². The Kier molecular flexibility index (Phi) is 3.28. The van der Waals surface area contributed by atoms with Crippen molar-refractivity contribution in [2.24, 2.45) is 0 Å². The van der Waals surface area contributed by atoms with E-state index in [1.165, 1.54) is 19.3 Å². The second-order valence-corrected chi connectivity index (χ2v) is 6.42. The average molecular weight is 254 g/mol. The van der Waals surface area contributed by atoms with Crippen molar-refractivity contribution in [2.45, 2.75) is 32.2 Å². The van der Waals surface area contributed by atoms with E-state index >= 15 is 0 Å². The van der Waals surface area contributed by atoms with E-state index in [4.69, 9.17) is 0 Å². The summed E-state index contributed by atoms with van der Waals surface area (Å²) in [6, 6.07) is 6.28. The number of sulfonamides is 1. The van der Waals surface area contributed by atoms with Gasteiger partial charge in [-0.05, 0) is 49.9 Å². The predicted molar refractivity (Wildman–Crippen MR) is 70.9 cm³/mol. The summed E-state index contributed by atoms with van der Waals surface area (Å²) in [6.45, 7) is 1.90. The molecule has 0 aromatic heterocycles. The van der Waals surface area contributed by atoms with Gasteiger partial charge >= 0.3 is 0 Å². The molecule has 0 bridgehead atoms. The van der Waals surface area contributed by atoms with Crippen LogP contribution in [0.1, 0.15) is 24.8 Å². The Morgan fingerprint density at radius 2 is 2.00 bits per heavy atom. The van der Waals surface area contributed by atoms with Crippen molar-refractivity contribution in [3.05, 3.63) is 23.8 Å². The normalized spacial score (nSPS) is 16.4. The fourth-order valence-electron chi connectivity index (χ4n) is 1.86. The van der Waals surface area contributed by atoms with Crippen LogP contribution >= 0.6 is 0 Å². The first-order valence-electron chi connectivity index (χ1n) is 5.79. The first-order chi connectivity index (χ1) is 7.94. The minimum atomic E-state index is -3.20. The Labute approximate surface area is 102 Å². The summed E-state index contributed by atoms with van der Waals surface area (Å²) in [5.74, 6) is 0. The Morgan fingerprint density at radius 1 is 1.29 bits per heavy atom. The number of hydrogen-bond donors (Lipinski definition) is 2. The smallest absolute Gasteiger partial charge is 0.229 e. The van der Waals surface area contributed by atoms with Gasteiger partial charge in [0.2, 0.25) is 10.0 Å². The number of aryl methyl sites for hydroxylation is 1. The van der Waals surface area contributed by atoms with E-state index in [0.29, 0.717) is 11.7 Å². The molecule has 2 rings (SSSR count). The maximum atomic E-state index is 11.1. The van der Waals surface area contributed by atoms with Gasteiger partial charge in [0.25, 0.3) is 0 Å². The summed E-state index contributed by atoms with van der Waals surface area (Å²) in [4.78, 5) is 0. The Morgan fingerprint density at radius 3 is 2.47 bits per heavy atom. The molecule has 94 valence electrons. The van der Waals surface area contributed by atoms with E-state index in [0.717, 1.165) is 17.5 Å². The highest BCUT2D eigenvalue weighted by molar-refractivity contribution is 7.92. The van der Waals surface area contributed by atoms with Crippen LogP contribution in [-0.4, -0.2) is 20.7 Å². The monoisotopic (exact) mass is 254 g/mol. The number of hydrogen-bond acceptors (Lipinski definition) is 3. The van der Waals surface area contributed by atoms with Crippen LogP contribution in [0, 0.1) is 6.92 Å². The lowest BCUT2D eigenvalue weighted by Crippen LogP contribution is -2.26. The van der Waals surface area contributed by atoms with Crippen LogP contribution in [0.2, 0.25) is 0 Å². The topological polar surface area (TPSA) is 58.2 Å². The van der Waals surface area contributed by atoms with Gasteiger partial charge in [0, 0.05) is 11.7 Å². The Hall–Kier alpha value is -1.23. The van der Waals surface area contributed by atoms with Crippen molar-refractivity contribution in [1.82, 2.24) is 0 Å². The molecule has 0 atom stereocenters. The fourth-order valence-corrected chi connectivity index (χ4v) is 2.48. The van der Waals surface area contributed by atoms with E-state index in [9.17, 15) is 8.42 Å². The summed E-state index contributed by atoms with van der Waals surface area (Å²) >= 11 is 0. The van der Waals surface area contributed by atoms with Crippen LogP contribution in [-0.2, 0) is 10.0 Å². The van der Waals surface area contributed by atoms with Gasteiger partial charge in [-0.15, -0.1) is 0 Å². The highest BCUT2D eigenvalue weighted by atomic mass is 32.2. The van der Waals surface area contributed by atoms with Crippen molar-refractivity contribution >= 4 is 21.4 Å². The first-order valence-corrected chi connectivity index (χ1v) is 7.68. The third kappa shape index (κ3) is 3.36. The molecule has 1 aliphatic rings. The molecule has 0 saturated heterocycles. The summed E-state index contributed by atoms with van der Waals surface area (Å²) in [5.41, 5.74) is 2.64. The quantitative estimate of drug-likeness (QED) is 0.867. The molecule has 1 aliphatic carbocycles. The number of rotatable bonds is 4. The third-order valence-corrected chi connectivity index (χ3v) is 3.59. The highest BCUT2D eigenvalue weighted by Gasteiger charge is 2.17. The molecule has 1 saturated carbocycles. The maximum Gasteiger partial charge on any atom is 0.229 e. The van der Waals surface area contributed by atoms with Gasteiger partial charge in [-0.1, -0.05) is 0 Å². The second kappa shape index (κ2) is 4.56. The van der Waals surface area contributed by atoms with E-state index in [1.807, 2.05) is 19.1 Å². The minimum Gasteiger partial charge on any atom is -0.382 e. The van der Waals surface area contributed by atoms with Crippen molar-refractivity contribution < 1.29 is 8.42 Å². The molecule has 17 heavy (non-hydrogen) atoms. The van der Waals surface area contributed by atoms with E-state index in [1.54, 1.807) is 6.07 Å². The zero-order valence-corrected chi connectivity index (χ0v) is 11.0. The molecular formula is C12H18N2O2S. The zero-order chi connectivity index (χ0) is 12.5. The molecule has 0 spiro atoms. The molecule has 0 aliphatic heterocycles. The molecule has 1 fully saturated rings. The summed E-state index contributed by atoms with van der Waals surface area (Å²) in [6.07, 6.45) is 4.90. The van der Waals surface area contributed by atoms with Crippen molar-refractivity contribution in [1.29, 1.82) is 0 Å². The van der Waals surface area contributed by atoms with Gasteiger partial charge in [-0.3, -0.25) is 4.72 Å². The van der Waals surface area contributed by atoms with E-state index in [-0.39, 0.29) is 0 Å². The van der Waals surface area contributed by atoms with Crippen molar-refractivity contribution in [2.75, 3.05) is 16.3 Å². The molecule has 0 amide bonds. The SMILES string of the molecule is Cc1cc(NC2CCC2)ccc1NS(C)(=O)=O. The molecule has 0 radical (unpaired) electrons. The summed E-state index contributed by atoms with van der Waals surface area (Å²) in [5, 5.41) is 3.43.